The van der Waals surface area contributed by atoms with E-state index < -0.39 is 5.41 Å². The van der Waals surface area contributed by atoms with Crippen LogP contribution in [0.15, 0.2) is 48.5 Å². The molecule has 0 bridgehead atoms. The molecule has 2 aromatic rings. The second-order valence-corrected chi connectivity index (χ2v) is 6.93. The van der Waals surface area contributed by atoms with E-state index in [0.29, 0.717) is 10.9 Å². The van der Waals surface area contributed by atoms with Gasteiger partial charge in [0.05, 0.1) is 31.4 Å². The van der Waals surface area contributed by atoms with Gasteiger partial charge in [-0.25, -0.2) is 0 Å². The van der Waals surface area contributed by atoms with Crippen molar-refractivity contribution in [3.63, 3.8) is 0 Å². The number of nitrogens with zero attached hydrogens (tertiary/aromatic N) is 2. The average Bonchev–Trinajstić information content (AvgIpc) is 2.74. The number of ether oxygens (including phenoxy) is 2. The number of likely N-dealkylation sites (tertiary alicyclic amines) is 1. The smallest absolute Gasteiger partial charge is 0.173 e. The predicted octanol–water partition coefficient (Wildman–Crippen LogP) is 3.96. The number of rotatable bonds is 4. The molecule has 0 spiro atoms. The summed E-state index contributed by atoms with van der Waals surface area (Å²) in [6.07, 6.45) is 1.49. The normalized spacial score (nSPS) is 15.5. The summed E-state index contributed by atoms with van der Waals surface area (Å²) in [7, 11) is 3.24. The van der Waals surface area contributed by atoms with E-state index in [2.05, 4.69) is 16.3 Å². The fourth-order valence-electron chi connectivity index (χ4n) is 3.41. The summed E-state index contributed by atoms with van der Waals surface area (Å²) < 4.78 is 10.6. The Balaban J connectivity index is 1.68. The quantitative estimate of drug-likeness (QED) is 0.809. The van der Waals surface area contributed by atoms with Crippen LogP contribution in [0.3, 0.4) is 0 Å². The van der Waals surface area contributed by atoms with E-state index in [0.717, 1.165) is 42.9 Å². The van der Waals surface area contributed by atoms with Gasteiger partial charge in [0.25, 0.3) is 0 Å². The summed E-state index contributed by atoms with van der Waals surface area (Å²) in [5.41, 5.74) is 1.44. The molecule has 3 rings (SSSR count). The van der Waals surface area contributed by atoms with Gasteiger partial charge < -0.3 is 19.7 Å². The van der Waals surface area contributed by atoms with Crippen molar-refractivity contribution in [1.82, 2.24) is 4.90 Å². The van der Waals surface area contributed by atoms with Gasteiger partial charge in [0.15, 0.2) is 5.11 Å². The maximum Gasteiger partial charge on any atom is 0.173 e. The van der Waals surface area contributed by atoms with E-state index in [1.165, 1.54) is 0 Å². The molecule has 0 atom stereocenters. The molecule has 1 N–H and O–H groups in total. The van der Waals surface area contributed by atoms with Crippen LogP contribution in [0, 0.1) is 11.3 Å². The van der Waals surface area contributed by atoms with Crippen molar-refractivity contribution in [2.45, 2.75) is 18.3 Å². The number of nitrogens with one attached hydrogen (secondary N) is 1. The van der Waals surface area contributed by atoms with E-state index in [-0.39, 0.29) is 0 Å². The Kier molecular flexibility index (Phi) is 5.82. The molecule has 1 aliphatic heterocycles. The Bertz CT molecular complexity index is 840. The van der Waals surface area contributed by atoms with Crippen LogP contribution in [0.4, 0.5) is 5.69 Å². The predicted molar refractivity (Wildman–Crippen MR) is 110 cm³/mol. The molecule has 27 heavy (non-hydrogen) atoms. The van der Waals surface area contributed by atoms with Crippen molar-refractivity contribution in [2.75, 3.05) is 32.6 Å². The lowest BCUT2D eigenvalue weighted by molar-refractivity contribution is 0.272. The van der Waals surface area contributed by atoms with Crippen LogP contribution >= 0.6 is 12.2 Å². The molecule has 0 aromatic heterocycles. The zero-order valence-electron chi connectivity index (χ0n) is 15.6. The van der Waals surface area contributed by atoms with Crippen LogP contribution in [0.25, 0.3) is 0 Å². The van der Waals surface area contributed by atoms with E-state index >= 15 is 0 Å². The zero-order valence-corrected chi connectivity index (χ0v) is 16.4. The number of methoxy groups -OCH3 is 2. The minimum absolute atomic E-state index is 0.439. The highest BCUT2D eigenvalue weighted by molar-refractivity contribution is 7.80. The second kappa shape index (κ2) is 8.28. The van der Waals surface area contributed by atoms with Crippen LogP contribution in [-0.4, -0.2) is 37.3 Å². The second-order valence-electron chi connectivity index (χ2n) is 6.54. The van der Waals surface area contributed by atoms with E-state index in [1.807, 2.05) is 48.5 Å². The molecule has 0 aliphatic carbocycles. The molecule has 6 heteroatoms. The van der Waals surface area contributed by atoms with Crippen molar-refractivity contribution < 1.29 is 9.47 Å². The highest BCUT2D eigenvalue weighted by Gasteiger charge is 2.37. The van der Waals surface area contributed by atoms with Crippen LogP contribution < -0.4 is 14.8 Å². The lowest BCUT2D eigenvalue weighted by atomic mass is 9.74. The lowest BCUT2D eigenvalue weighted by Crippen LogP contribution is -2.46. The van der Waals surface area contributed by atoms with Gasteiger partial charge in [-0.2, -0.15) is 5.26 Å². The zero-order chi connectivity index (χ0) is 19.3. The maximum absolute atomic E-state index is 9.83. The van der Waals surface area contributed by atoms with Crippen molar-refractivity contribution in [1.29, 1.82) is 5.26 Å². The number of hydrogen-bond acceptors (Lipinski definition) is 4. The fraction of sp³-hybridized carbons (Fsp3) is 0.333. The Labute approximate surface area is 165 Å². The Morgan fingerprint density at radius 2 is 1.81 bits per heavy atom. The standard InChI is InChI=1S/C21H23N3O2S/c1-25-17-8-9-18(19(14-17)26-2)23-20(27)24-12-10-21(15-22,11-13-24)16-6-4-3-5-7-16/h3-9,14H,10-13H2,1-2H3,(H,23,27). The van der Waals surface area contributed by atoms with Gasteiger partial charge in [-0.05, 0) is 42.8 Å². The lowest BCUT2D eigenvalue weighted by Gasteiger charge is -2.38. The number of piperidine rings is 1. The monoisotopic (exact) mass is 381 g/mol. The van der Waals surface area contributed by atoms with E-state index in [1.54, 1.807) is 14.2 Å². The number of thiocarbonyl (C=S) groups is 1. The summed E-state index contributed by atoms with van der Waals surface area (Å²) in [5, 5.41) is 13.7. The molecule has 0 radical (unpaired) electrons. The first-order chi connectivity index (χ1) is 13.1. The summed E-state index contributed by atoms with van der Waals surface area (Å²) >= 11 is 5.60. The molecule has 1 aliphatic rings. The van der Waals surface area contributed by atoms with Gasteiger partial charge in [0.2, 0.25) is 0 Å². The number of hydrogen-bond donors (Lipinski definition) is 1. The number of anilines is 1. The average molecular weight is 382 g/mol. The highest BCUT2D eigenvalue weighted by Crippen LogP contribution is 2.35. The highest BCUT2D eigenvalue weighted by atomic mass is 32.1. The molecule has 2 aromatic carbocycles. The molecule has 1 fully saturated rings. The molecular weight excluding hydrogens is 358 g/mol. The first kappa shape index (κ1) is 19.0. The van der Waals surface area contributed by atoms with Gasteiger partial charge in [-0.15, -0.1) is 0 Å². The largest absolute Gasteiger partial charge is 0.497 e. The summed E-state index contributed by atoms with van der Waals surface area (Å²) in [6, 6.07) is 18.1. The molecule has 0 saturated carbocycles. The fourth-order valence-corrected chi connectivity index (χ4v) is 3.70. The Hall–Kier alpha value is -2.78. The van der Waals surface area contributed by atoms with Crippen LogP contribution in [0.1, 0.15) is 18.4 Å². The first-order valence-corrected chi connectivity index (χ1v) is 9.27. The minimum atomic E-state index is -0.439. The molecule has 5 nitrogen and oxygen atoms in total. The topological polar surface area (TPSA) is 57.5 Å². The third-order valence-electron chi connectivity index (χ3n) is 5.09. The Morgan fingerprint density at radius 1 is 1.11 bits per heavy atom. The van der Waals surface area contributed by atoms with Gasteiger partial charge in [-0.3, -0.25) is 0 Å². The molecule has 1 heterocycles. The molecule has 1 saturated heterocycles. The molecule has 0 amide bonds. The number of nitriles is 1. The van der Waals surface area contributed by atoms with Crippen LogP contribution in [0.5, 0.6) is 11.5 Å². The third-order valence-corrected chi connectivity index (χ3v) is 5.46. The van der Waals surface area contributed by atoms with Gasteiger partial charge in [-0.1, -0.05) is 30.3 Å². The SMILES string of the molecule is COc1ccc(NC(=S)N2CCC(C#N)(c3ccccc3)CC2)c(OC)c1. The summed E-state index contributed by atoms with van der Waals surface area (Å²) in [6.45, 7) is 1.46. The third kappa shape index (κ3) is 3.99. The van der Waals surface area contributed by atoms with Gasteiger partial charge >= 0.3 is 0 Å². The first-order valence-electron chi connectivity index (χ1n) is 8.86. The minimum Gasteiger partial charge on any atom is -0.497 e. The molecular formula is C21H23N3O2S. The van der Waals surface area contributed by atoms with E-state index in [9.17, 15) is 5.26 Å². The van der Waals surface area contributed by atoms with E-state index in [4.69, 9.17) is 21.7 Å². The van der Waals surface area contributed by atoms with Crippen molar-refractivity contribution >= 4 is 23.0 Å². The summed E-state index contributed by atoms with van der Waals surface area (Å²) in [5.74, 6) is 1.40. The number of benzene rings is 2. The van der Waals surface area contributed by atoms with Crippen molar-refractivity contribution in [3.8, 4) is 17.6 Å². The van der Waals surface area contributed by atoms with Crippen molar-refractivity contribution in [3.05, 3.63) is 54.1 Å². The molecule has 140 valence electrons. The van der Waals surface area contributed by atoms with Gasteiger partial charge in [0, 0.05) is 19.2 Å². The molecule has 0 unspecified atom stereocenters. The van der Waals surface area contributed by atoms with Crippen molar-refractivity contribution in [2.24, 2.45) is 0 Å². The summed E-state index contributed by atoms with van der Waals surface area (Å²) in [4.78, 5) is 2.11. The van der Waals surface area contributed by atoms with Gasteiger partial charge in [0.1, 0.15) is 11.5 Å². The Morgan fingerprint density at radius 3 is 2.41 bits per heavy atom. The van der Waals surface area contributed by atoms with Crippen LogP contribution in [-0.2, 0) is 5.41 Å². The van der Waals surface area contributed by atoms with Crippen LogP contribution in [0.2, 0.25) is 0 Å². The maximum atomic E-state index is 9.83.